The Bertz CT molecular complexity index is 1150. The number of carbonyl (C=O) groups excluding carboxylic acids is 1. The number of hydrogen-bond acceptors (Lipinski definition) is 4. The third-order valence-electron chi connectivity index (χ3n) is 4.65. The summed E-state index contributed by atoms with van der Waals surface area (Å²) in [5, 5.41) is 8.75. The molecule has 0 fully saturated rings. The van der Waals surface area contributed by atoms with Crippen LogP contribution in [-0.2, 0) is 0 Å². The Balaban J connectivity index is 1.41. The fourth-order valence-corrected chi connectivity index (χ4v) is 3.87. The predicted octanol–water partition coefficient (Wildman–Crippen LogP) is 6.44. The molecule has 0 saturated carbocycles. The van der Waals surface area contributed by atoms with Crippen molar-refractivity contribution in [3.05, 3.63) is 83.7 Å². The van der Waals surface area contributed by atoms with E-state index in [9.17, 15) is 4.79 Å². The minimum atomic E-state index is -0.295. The van der Waals surface area contributed by atoms with E-state index >= 15 is 0 Å². The monoisotopic (exact) mass is 415 g/mol. The summed E-state index contributed by atoms with van der Waals surface area (Å²) < 4.78 is 5.19. The van der Waals surface area contributed by atoms with Crippen LogP contribution in [0.25, 0.3) is 21.8 Å². The van der Waals surface area contributed by atoms with Crippen molar-refractivity contribution in [2.75, 3.05) is 17.7 Å². The molecular weight excluding hydrogens is 394 g/mol. The molecule has 0 aliphatic heterocycles. The fraction of sp³-hybridized carbons (Fsp3) is 0.0833. The van der Waals surface area contributed by atoms with E-state index < -0.39 is 0 Å². The molecule has 1 aromatic heterocycles. The highest BCUT2D eigenvalue weighted by atomic mass is 32.1. The Morgan fingerprint density at radius 3 is 2.40 bits per heavy atom. The van der Waals surface area contributed by atoms with Crippen LogP contribution in [0.2, 0.25) is 0 Å². The van der Waals surface area contributed by atoms with E-state index in [-0.39, 0.29) is 6.03 Å². The molecule has 5 nitrogen and oxygen atoms in total. The van der Waals surface area contributed by atoms with Gasteiger partial charge < -0.3 is 15.4 Å². The van der Waals surface area contributed by atoms with Gasteiger partial charge in [0, 0.05) is 27.9 Å². The number of rotatable bonds is 5. The van der Waals surface area contributed by atoms with E-state index in [1.807, 2.05) is 73.0 Å². The second-order valence-corrected chi connectivity index (χ2v) is 7.60. The molecular formula is C24H21N3O2S. The van der Waals surface area contributed by atoms with E-state index in [0.717, 1.165) is 38.8 Å². The number of methoxy groups -OCH3 is 1. The third kappa shape index (κ3) is 4.50. The molecule has 0 aliphatic rings. The van der Waals surface area contributed by atoms with Crippen molar-refractivity contribution in [1.29, 1.82) is 0 Å². The molecule has 2 amide bonds. The molecule has 4 aromatic rings. The van der Waals surface area contributed by atoms with Crippen LogP contribution in [0.1, 0.15) is 5.56 Å². The van der Waals surface area contributed by atoms with E-state index in [1.165, 1.54) is 0 Å². The Morgan fingerprint density at radius 2 is 1.70 bits per heavy atom. The minimum absolute atomic E-state index is 0.295. The molecule has 0 unspecified atom stereocenters. The van der Waals surface area contributed by atoms with Crippen LogP contribution < -0.4 is 15.4 Å². The molecule has 1 heterocycles. The molecule has 4 rings (SSSR count). The number of nitrogens with zero attached hydrogens (tertiary/aromatic N) is 1. The van der Waals surface area contributed by atoms with E-state index in [0.29, 0.717) is 5.69 Å². The van der Waals surface area contributed by atoms with Crippen LogP contribution in [0.15, 0.2) is 78.2 Å². The molecule has 2 N–H and O–H groups in total. The molecule has 0 saturated heterocycles. The summed E-state index contributed by atoms with van der Waals surface area (Å²) in [4.78, 5) is 17.1. The quantitative estimate of drug-likeness (QED) is 0.394. The summed E-state index contributed by atoms with van der Waals surface area (Å²) in [7, 11) is 1.62. The van der Waals surface area contributed by atoms with Gasteiger partial charge in [-0.3, -0.25) is 0 Å². The molecule has 0 atom stereocenters. The number of aromatic nitrogens is 1. The number of ether oxygens (including phenoxy) is 1. The first kappa shape index (κ1) is 19.7. The molecule has 6 heteroatoms. The Morgan fingerprint density at radius 1 is 0.933 bits per heavy atom. The topological polar surface area (TPSA) is 63.2 Å². The lowest BCUT2D eigenvalue weighted by Crippen LogP contribution is -2.19. The second-order valence-electron chi connectivity index (χ2n) is 6.74. The molecule has 3 aromatic carbocycles. The van der Waals surface area contributed by atoms with Crippen LogP contribution in [0.4, 0.5) is 16.2 Å². The van der Waals surface area contributed by atoms with E-state index in [2.05, 4.69) is 22.8 Å². The zero-order chi connectivity index (χ0) is 20.9. The van der Waals surface area contributed by atoms with Crippen molar-refractivity contribution in [2.45, 2.75) is 6.92 Å². The Kier molecular flexibility index (Phi) is 5.77. The molecule has 0 spiro atoms. The average Bonchev–Trinajstić information content (AvgIpc) is 3.26. The maximum absolute atomic E-state index is 12.3. The van der Waals surface area contributed by atoms with E-state index in [4.69, 9.17) is 9.72 Å². The van der Waals surface area contributed by atoms with Crippen molar-refractivity contribution in [1.82, 2.24) is 4.98 Å². The smallest absolute Gasteiger partial charge is 0.323 e. The van der Waals surface area contributed by atoms with Crippen molar-refractivity contribution >= 4 is 28.7 Å². The summed E-state index contributed by atoms with van der Waals surface area (Å²) in [5.74, 6) is 0.756. The Labute approximate surface area is 179 Å². The maximum Gasteiger partial charge on any atom is 0.323 e. The van der Waals surface area contributed by atoms with Crippen LogP contribution in [0.5, 0.6) is 5.75 Å². The van der Waals surface area contributed by atoms with E-state index in [1.54, 1.807) is 18.4 Å². The van der Waals surface area contributed by atoms with Gasteiger partial charge in [0.05, 0.1) is 12.8 Å². The van der Waals surface area contributed by atoms with Crippen molar-refractivity contribution in [3.8, 4) is 27.6 Å². The highest BCUT2D eigenvalue weighted by Crippen LogP contribution is 2.29. The highest BCUT2D eigenvalue weighted by Gasteiger charge is 2.09. The number of aryl methyl sites for hydroxylation is 1. The average molecular weight is 416 g/mol. The summed E-state index contributed by atoms with van der Waals surface area (Å²) >= 11 is 1.62. The number of nitrogens with one attached hydrogen (secondary N) is 2. The molecule has 0 aliphatic carbocycles. The first-order valence-corrected chi connectivity index (χ1v) is 10.3. The van der Waals surface area contributed by atoms with Gasteiger partial charge in [0.2, 0.25) is 0 Å². The molecule has 30 heavy (non-hydrogen) atoms. The van der Waals surface area contributed by atoms with Gasteiger partial charge in [0.1, 0.15) is 10.8 Å². The van der Waals surface area contributed by atoms with Gasteiger partial charge in [-0.1, -0.05) is 42.5 Å². The van der Waals surface area contributed by atoms with Crippen molar-refractivity contribution in [2.24, 2.45) is 0 Å². The summed E-state index contributed by atoms with van der Waals surface area (Å²) in [6.07, 6.45) is 0. The maximum atomic E-state index is 12.3. The lowest BCUT2D eigenvalue weighted by molar-refractivity contribution is 0.262. The number of amides is 2. The number of carbonyl (C=O) groups is 1. The lowest BCUT2D eigenvalue weighted by atomic mass is 10.1. The minimum Gasteiger partial charge on any atom is -0.497 e. The molecule has 0 bridgehead atoms. The molecule has 150 valence electrons. The number of urea groups is 1. The zero-order valence-corrected chi connectivity index (χ0v) is 17.5. The van der Waals surface area contributed by atoms with Gasteiger partial charge in [-0.05, 0) is 42.8 Å². The fourth-order valence-electron chi connectivity index (χ4n) is 3.03. The Hall–Kier alpha value is -3.64. The van der Waals surface area contributed by atoms with Crippen LogP contribution in [-0.4, -0.2) is 18.1 Å². The number of hydrogen-bond donors (Lipinski definition) is 2. The number of benzene rings is 3. The first-order valence-electron chi connectivity index (χ1n) is 9.46. The van der Waals surface area contributed by atoms with Crippen LogP contribution in [0, 0.1) is 6.92 Å². The first-order chi connectivity index (χ1) is 14.6. The normalized spacial score (nSPS) is 10.5. The van der Waals surface area contributed by atoms with Gasteiger partial charge >= 0.3 is 6.03 Å². The standard InChI is InChI=1S/C24H21N3O2S/c1-16-14-20(29-2)12-13-21(16)27-24(28)25-19-10-8-17(9-11-19)22-15-30-23(26-22)18-6-4-3-5-7-18/h3-15H,1-2H3,(H2,25,27,28). The lowest BCUT2D eigenvalue weighted by Gasteiger charge is -2.11. The largest absolute Gasteiger partial charge is 0.497 e. The van der Waals surface area contributed by atoms with Gasteiger partial charge in [-0.15, -0.1) is 11.3 Å². The van der Waals surface area contributed by atoms with Gasteiger partial charge in [0.15, 0.2) is 0 Å². The van der Waals surface area contributed by atoms with Gasteiger partial charge in [-0.25, -0.2) is 9.78 Å². The SMILES string of the molecule is COc1ccc(NC(=O)Nc2ccc(-c3csc(-c4ccccc4)n3)cc2)c(C)c1. The highest BCUT2D eigenvalue weighted by molar-refractivity contribution is 7.13. The van der Waals surface area contributed by atoms with Gasteiger partial charge in [0.25, 0.3) is 0 Å². The van der Waals surface area contributed by atoms with Crippen molar-refractivity contribution < 1.29 is 9.53 Å². The predicted molar refractivity (Wildman–Crippen MR) is 123 cm³/mol. The van der Waals surface area contributed by atoms with Gasteiger partial charge in [-0.2, -0.15) is 0 Å². The number of thiazole rings is 1. The van der Waals surface area contributed by atoms with Crippen molar-refractivity contribution in [3.63, 3.8) is 0 Å². The summed E-state index contributed by atoms with van der Waals surface area (Å²) in [5.41, 5.74) is 5.41. The van der Waals surface area contributed by atoms with Crippen LogP contribution in [0.3, 0.4) is 0 Å². The number of anilines is 2. The summed E-state index contributed by atoms with van der Waals surface area (Å²) in [6, 6.07) is 23.0. The third-order valence-corrected chi connectivity index (χ3v) is 5.54. The second kappa shape index (κ2) is 8.80. The molecule has 0 radical (unpaired) electrons. The summed E-state index contributed by atoms with van der Waals surface area (Å²) in [6.45, 7) is 1.92. The van der Waals surface area contributed by atoms with Crippen LogP contribution >= 0.6 is 11.3 Å². The zero-order valence-electron chi connectivity index (χ0n) is 16.7.